The Bertz CT molecular complexity index is 4700. The van der Waals surface area contributed by atoms with E-state index in [-0.39, 0.29) is 0 Å². The summed E-state index contributed by atoms with van der Waals surface area (Å²) >= 11 is 1.86. The summed E-state index contributed by atoms with van der Waals surface area (Å²) in [6.07, 6.45) is 0. The van der Waals surface area contributed by atoms with Crippen molar-refractivity contribution < 1.29 is 4.42 Å². The van der Waals surface area contributed by atoms with Crippen molar-refractivity contribution in [3.63, 3.8) is 0 Å². The fourth-order valence-electron chi connectivity index (χ4n) is 11.1. The fraction of sp³-hybridized carbons (Fsp3) is 0. The highest BCUT2D eigenvalue weighted by atomic mass is 32.1. The van der Waals surface area contributed by atoms with Crippen LogP contribution in [-0.2, 0) is 0 Å². The normalized spacial score (nSPS) is 11.8. The number of para-hydroxylation sites is 2. The third-order valence-electron chi connectivity index (χ3n) is 14.4. The molecule has 0 aliphatic heterocycles. The van der Waals surface area contributed by atoms with Gasteiger partial charge < -0.3 is 8.98 Å². The Kier molecular flexibility index (Phi) is 9.37. The van der Waals surface area contributed by atoms with Gasteiger partial charge in [0.25, 0.3) is 0 Å². The van der Waals surface area contributed by atoms with Gasteiger partial charge in [-0.2, -0.15) is 0 Å². The first-order chi connectivity index (χ1) is 36.2. The second kappa shape index (κ2) is 16.6. The number of thiophene rings is 1. The molecule has 0 fully saturated rings. The number of aromatic nitrogens is 4. The van der Waals surface area contributed by atoms with Crippen LogP contribution >= 0.6 is 11.3 Å². The summed E-state index contributed by atoms with van der Waals surface area (Å²) in [5.41, 5.74) is 14.6. The van der Waals surface area contributed by atoms with Crippen LogP contribution in [0.3, 0.4) is 0 Å². The molecule has 0 aliphatic rings. The standard InChI is InChI=1S/C67H40N4OS/c1-2-16-42(17-3-1)65-68-66(70-67(69-65)48-33-35-54-53-25-6-8-30-58(53)72-59(54)40-48)47-22-10-18-43(37-47)44-19-12-23-49(39-44)71-57-36-34-41-15-4-5-24-50(41)62(57)56-29-13-28-52(64(56)71)46-21-11-20-45(38-46)51-27-14-32-61-63(51)55-26-7-9-31-60(55)73-61/h1-40H. The van der Waals surface area contributed by atoms with Crippen LogP contribution in [0.2, 0.25) is 0 Å². The summed E-state index contributed by atoms with van der Waals surface area (Å²) in [5, 5.41) is 9.67. The smallest absolute Gasteiger partial charge is 0.164 e. The van der Waals surface area contributed by atoms with Crippen LogP contribution in [0.1, 0.15) is 0 Å². The van der Waals surface area contributed by atoms with E-state index in [1.165, 1.54) is 69.5 Å². The summed E-state index contributed by atoms with van der Waals surface area (Å²) in [5.74, 6) is 1.78. The molecule has 6 heteroatoms. The number of hydrogen-bond donors (Lipinski definition) is 0. The molecule has 0 atom stereocenters. The van der Waals surface area contributed by atoms with Gasteiger partial charge in [-0.3, -0.25) is 0 Å². The highest BCUT2D eigenvalue weighted by Gasteiger charge is 2.21. The number of hydrogen-bond acceptors (Lipinski definition) is 5. The molecule has 11 aromatic carbocycles. The quantitative estimate of drug-likeness (QED) is 0.160. The Hall–Kier alpha value is -9.49. The molecule has 0 amide bonds. The highest BCUT2D eigenvalue weighted by molar-refractivity contribution is 7.25. The van der Waals surface area contributed by atoms with Gasteiger partial charge in [0.2, 0.25) is 0 Å². The first-order valence-corrected chi connectivity index (χ1v) is 25.4. The van der Waals surface area contributed by atoms with Gasteiger partial charge in [-0.15, -0.1) is 11.3 Å². The molecule has 0 unspecified atom stereocenters. The molecule has 5 nitrogen and oxygen atoms in total. The van der Waals surface area contributed by atoms with Crippen molar-refractivity contribution in [3.05, 3.63) is 243 Å². The molecule has 0 bridgehead atoms. The Morgan fingerprint density at radius 3 is 1.77 bits per heavy atom. The Morgan fingerprint density at radius 2 is 0.904 bits per heavy atom. The van der Waals surface area contributed by atoms with Crippen LogP contribution in [0.5, 0.6) is 0 Å². The van der Waals surface area contributed by atoms with E-state index >= 15 is 0 Å². The molecular weight excluding hydrogens is 909 g/mol. The maximum atomic E-state index is 6.31. The summed E-state index contributed by atoms with van der Waals surface area (Å²) < 4.78 is 11.4. The zero-order chi connectivity index (χ0) is 48.0. The van der Waals surface area contributed by atoms with Gasteiger partial charge in [0, 0.05) is 69.7 Å². The van der Waals surface area contributed by atoms with E-state index < -0.39 is 0 Å². The van der Waals surface area contributed by atoms with Crippen molar-refractivity contribution in [3.8, 4) is 73.2 Å². The van der Waals surface area contributed by atoms with Crippen molar-refractivity contribution in [2.75, 3.05) is 0 Å². The maximum Gasteiger partial charge on any atom is 0.164 e. The van der Waals surface area contributed by atoms with Gasteiger partial charge in [0.15, 0.2) is 17.5 Å². The van der Waals surface area contributed by atoms with Crippen molar-refractivity contribution >= 4 is 86.0 Å². The van der Waals surface area contributed by atoms with Crippen LogP contribution in [0.25, 0.3) is 148 Å². The first-order valence-electron chi connectivity index (χ1n) is 24.6. The van der Waals surface area contributed by atoms with E-state index in [4.69, 9.17) is 19.4 Å². The molecule has 0 radical (unpaired) electrons. The molecule has 15 rings (SSSR count). The number of nitrogens with zero attached hydrogens (tertiary/aromatic N) is 4. The minimum atomic E-state index is 0.579. The molecule has 0 saturated heterocycles. The Labute approximate surface area is 423 Å². The van der Waals surface area contributed by atoms with Crippen LogP contribution < -0.4 is 0 Å². The maximum absolute atomic E-state index is 6.31. The minimum Gasteiger partial charge on any atom is -0.456 e. The minimum absolute atomic E-state index is 0.579. The summed E-state index contributed by atoms with van der Waals surface area (Å²) in [6, 6.07) is 86.6. The topological polar surface area (TPSA) is 56.7 Å². The first kappa shape index (κ1) is 41.3. The predicted molar refractivity (Wildman–Crippen MR) is 304 cm³/mol. The molecule has 0 N–H and O–H groups in total. The van der Waals surface area contributed by atoms with Gasteiger partial charge >= 0.3 is 0 Å². The van der Waals surface area contributed by atoms with E-state index in [9.17, 15) is 0 Å². The van der Waals surface area contributed by atoms with Gasteiger partial charge in [-0.25, -0.2) is 15.0 Å². The van der Waals surface area contributed by atoms with Crippen molar-refractivity contribution in [1.29, 1.82) is 0 Å². The monoisotopic (exact) mass is 948 g/mol. The second-order valence-electron chi connectivity index (χ2n) is 18.7. The van der Waals surface area contributed by atoms with E-state index in [1.807, 2.05) is 65.9 Å². The van der Waals surface area contributed by atoms with E-state index in [0.717, 1.165) is 61.0 Å². The van der Waals surface area contributed by atoms with Gasteiger partial charge in [0.1, 0.15) is 11.2 Å². The predicted octanol–water partition coefficient (Wildman–Crippen LogP) is 18.4. The van der Waals surface area contributed by atoms with Crippen molar-refractivity contribution in [2.24, 2.45) is 0 Å². The van der Waals surface area contributed by atoms with E-state index in [0.29, 0.717) is 17.5 Å². The zero-order valence-corrected chi connectivity index (χ0v) is 40.0. The molecule has 73 heavy (non-hydrogen) atoms. The summed E-state index contributed by atoms with van der Waals surface area (Å²) in [4.78, 5) is 15.3. The van der Waals surface area contributed by atoms with Gasteiger partial charge in [-0.1, -0.05) is 182 Å². The molecular formula is C67H40N4OS. The van der Waals surface area contributed by atoms with Crippen molar-refractivity contribution in [1.82, 2.24) is 19.5 Å². The van der Waals surface area contributed by atoms with E-state index in [2.05, 4.69) is 193 Å². The van der Waals surface area contributed by atoms with E-state index in [1.54, 1.807) is 0 Å². The number of benzene rings is 11. The third-order valence-corrected chi connectivity index (χ3v) is 15.6. The van der Waals surface area contributed by atoms with Gasteiger partial charge in [-0.05, 0) is 99.3 Å². The Balaban J connectivity index is 0.880. The van der Waals surface area contributed by atoms with Crippen LogP contribution in [0.15, 0.2) is 247 Å². The van der Waals surface area contributed by atoms with Crippen LogP contribution in [-0.4, -0.2) is 19.5 Å². The molecule has 4 aromatic heterocycles. The fourth-order valence-corrected chi connectivity index (χ4v) is 12.2. The van der Waals surface area contributed by atoms with Crippen LogP contribution in [0, 0.1) is 0 Å². The summed E-state index contributed by atoms with van der Waals surface area (Å²) in [7, 11) is 0. The molecule has 4 heterocycles. The molecule has 0 saturated carbocycles. The Morgan fingerprint density at radius 1 is 0.329 bits per heavy atom. The van der Waals surface area contributed by atoms with Crippen molar-refractivity contribution in [2.45, 2.75) is 0 Å². The lowest BCUT2D eigenvalue weighted by Gasteiger charge is -2.14. The number of fused-ring (bicyclic) bond motifs is 11. The van der Waals surface area contributed by atoms with Crippen LogP contribution in [0.4, 0.5) is 0 Å². The average molecular weight is 949 g/mol. The number of furan rings is 1. The lowest BCUT2D eigenvalue weighted by molar-refractivity contribution is 0.669. The SMILES string of the molecule is c1ccc(-c2nc(-c3cccc(-c4cccc(-n5c6ccc7ccccc7c6c6cccc(-c7cccc(-c8cccc9sc%10ccccc%10c89)c7)c65)c4)c3)nc(-c3ccc4c(c3)oc3ccccc34)n2)cc1. The molecule has 0 aliphatic carbocycles. The lowest BCUT2D eigenvalue weighted by Crippen LogP contribution is -2.00. The van der Waals surface area contributed by atoms with Gasteiger partial charge in [0.05, 0.1) is 11.0 Å². The molecule has 15 aromatic rings. The highest BCUT2D eigenvalue weighted by Crippen LogP contribution is 2.45. The zero-order valence-electron chi connectivity index (χ0n) is 39.2. The number of rotatable bonds is 7. The largest absolute Gasteiger partial charge is 0.456 e. The third kappa shape index (κ3) is 6.80. The lowest BCUT2D eigenvalue weighted by atomic mass is 9.95. The molecule has 0 spiro atoms. The summed E-state index contributed by atoms with van der Waals surface area (Å²) in [6.45, 7) is 0. The molecule has 340 valence electrons. The average Bonchev–Trinajstić information content (AvgIpc) is 4.15. The second-order valence-corrected chi connectivity index (χ2v) is 19.8.